The molecule has 11 heavy (non-hydrogen) atoms. The number of nitrogens with one attached hydrogen (secondary N) is 1. The van der Waals surface area contributed by atoms with Gasteiger partial charge >= 0.3 is 0 Å². The molecule has 1 aliphatic heterocycles. The van der Waals surface area contributed by atoms with E-state index in [-0.39, 0.29) is 20.9 Å². The maximum Gasteiger partial charge on any atom is 0.0167 e. The third-order valence-electron chi connectivity index (χ3n) is 1.90. The fraction of sp³-hybridized carbons (Fsp3) is 1.00. The van der Waals surface area contributed by atoms with Crippen LogP contribution in [-0.2, 0) is 0 Å². The van der Waals surface area contributed by atoms with Gasteiger partial charge in [0.25, 0.3) is 0 Å². The average molecular weight is 178 g/mol. The largest absolute Gasteiger partial charge is 0.312 e. The van der Waals surface area contributed by atoms with Gasteiger partial charge in [0.1, 0.15) is 0 Å². The Morgan fingerprint density at radius 1 is 1.55 bits per heavy atom. The summed E-state index contributed by atoms with van der Waals surface area (Å²) in [4.78, 5) is 2.47. The summed E-state index contributed by atoms with van der Waals surface area (Å²) >= 11 is 0. The summed E-state index contributed by atoms with van der Waals surface area (Å²) < 4.78 is 0. The summed E-state index contributed by atoms with van der Waals surface area (Å²) in [5.41, 5.74) is 0. The van der Waals surface area contributed by atoms with Crippen LogP contribution in [0.4, 0.5) is 0 Å². The summed E-state index contributed by atoms with van der Waals surface area (Å²) in [7, 11) is 0. The second-order valence-corrected chi connectivity index (χ2v) is 2.75. The highest BCUT2D eigenvalue weighted by molar-refractivity contribution is 7.59. The van der Waals surface area contributed by atoms with Crippen LogP contribution in [0.15, 0.2) is 0 Å². The highest BCUT2D eigenvalue weighted by atomic mass is 32.1. The zero-order chi connectivity index (χ0) is 6.69. The van der Waals surface area contributed by atoms with Crippen molar-refractivity contribution in [1.29, 1.82) is 0 Å². The maximum atomic E-state index is 3.40. The molecule has 0 saturated carbocycles. The van der Waals surface area contributed by atoms with E-state index in [9.17, 15) is 0 Å². The standard InChI is InChI=1S/C7H16N2.CH4.H2S/c1-3-9-5-4-8-7(2)6-9;;/h7-8H,3-6H2,1-2H3;1H4;1H2. The van der Waals surface area contributed by atoms with Gasteiger partial charge < -0.3 is 10.2 Å². The Labute approximate surface area is 77.8 Å². The van der Waals surface area contributed by atoms with E-state index in [0.717, 1.165) is 6.54 Å². The molecule has 0 radical (unpaired) electrons. The second-order valence-electron chi connectivity index (χ2n) is 2.75. The van der Waals surface area contributed by atoms with E-state index in [4.69, 9.17) is 0 Å². The number of likely N-dealkylation sites (N-methyl/N-ethyl adjacent to an activating group) is 1. The van der Waals surface area contributed by atoms with Gasteiger partial charge in [-0.25, -0.2) is 0 Å². The normalized spacial score (nSPS) is 25.1. The van der Waals surface area contributed by atoms with Gasteiger partial charge in [-0.1, -0.05) is 14.4 Å². The number of hydrogen-bond acceptors (Lipinski definition) is 2. The van der Waals surface area contributed by atoms with Crippen LogP contribution >= 0.6 is 13.5 Å². The number of nitrogens with zero attached hydrogens (tertiary/aromatic N) is 1. The second kappa shape index (κ2) is 6.95. The lowest BCUT2D eigenvalue weighted by molar-refractivity contribution is 0.217. The first-order valence-corrected chi connectivity index (χ1v) is 3.78. The molecule has 70 valence electrons. The molecule has 0 spiro atoms. The Bertz CT molecular complexity index is 88.2. The fourth-order valence-electron chi connectivity index (χ4n) is 1.30. The van der Waals surface area contributed by atoms with Crippen LogP contribution in [0, 0.1) is 0 Å². The van der Waals surface area contributed by atoms with Crippen molar-refractivity contribution in [2.45, 2.75) is 27.3 Å². The van der Waals surface area contributed by atoms with E-state index in [2.05, 4.69) is 24.1 Å². The monoisotopic (exact) mass is 178 g/mol. The minimum Gasteiger partial charge on any atom is -0.312 e. The molecular weight excluding hydrogens is 156 g/mol. The first-order valence-electron chi connectivity index (χ1n) is 3.78. The Kier molecular flexibility index (Phi) is 8.74. The SMILES string of the molecule is C.CCN1CCNC(C)C1.S. The molecule has 1 N–H and O–H groups in total. The van der Waals surface area contributed by atoms with E-state index in [1.807, 2.05) is 0 Å². The molecule has 2 nitrogen and oxygen atoms in total. The minimum atomic E-state index is 0. The van der Waals surface area contributed by atoms with Crippen molar-refractivity contribution >= 4 is 13.5 Å². The minimum absolute atomic E-state index is 0. The highest BCUT2D eigenvalue weighted by Crippen LogP contribution is 1.95. The zero-order valence-electron chi connectivity index (χ0n) is 6.85. The Morgan fingerprint density at radius 2 is 2.18 bits per heavy atom. The molecule has 0 amide bonds. The fourth-order valence-corrected chi connectivity index (χ4v) is 1.30. The molecule has 1 saturated heterocycles. The van der Waals surface area contributed by atoms with Crippen LogP contribution in [0.25, 0.3) is 0 Å². The first-order chi connectivity index (χ1) is 4.33. The Morgan fingerprint density at radius 3 is 2.55 bits per heavy atom. The molecule has 1 fully saturated rings. The first kappa shape index (κ1) is 13.8. The molecule has 1 unspecified atom stereocenters. The van der Waals surface area contributed by atoms with Crippen LogP contribution < -0.4 is 5.32 Å². The van der Waals surface area contributed by atoms with Gasteiger partial charge in [0.2, 0.25) is 0 Å². The van der Waals surface area contributed by atoms with Crippen LogP contribution in [0.2, 0.25) is 0 Å². The van der Waals surface area contributed by atoms with Crippen molar-refractivity contribution < 1.29 is 0 Å². The molecule has 1 atom stereocenters. The van der Waals surface area contributed by atoms with Gasteiger partial charge in [-0.15, -0.1) is 0 Å². The quantitative estimate of drug-likeness (QED) is 0.646. The van der Waals surface area contributed by atoms with Crippen molar-refractivity contribution in [3.63, 3.8) is 0 Å². The van der Waals surface area contributed by atoms with Gasteiger partial charge in [0.15, 0.2) is 0 Å². The van der Waals surface area contributed by atoms with Crippen molar-refractivity contribution in [1.82, 2.24) is 10.2 Å². The Balaban J connectivity index is 0. The summed E-state index contributed by atoms with van der Waals surface area (Å²) in [6, 6.07) is 0.693. The van der Waals surface area contributed by atoms with Gasteiger partial charge in [-0.2, -0.15) is 13.5 Å². The van der Waals surface area contributed by atoms with Crippen molar-refractivity contribution in [2.24, 2.45) is 0 Å². The predicted molar refractivity (Wildman–Crippen MR) is 56.7 cm³/mol. The summed E-state index contributed by atoms with van der Waals surface area (Å²) in [5.74, 6) is 0. The van der Waals surface area contributed by atoms with E-state index >= 15 is 0 Å². The van der Waals surface area contributed by atoms with E-state index in [1.165, 1.54) is 19.6 Å². The predicted octanol–water partition coefficient (Wildman–Crippen LogP) is 1.05. The van der Waals surface area contributed by atoms with E-state index in [1.54, 1.807) is 0 Å². The summed E-state index contributed by atoms with van der Waals surface area (Å²) in [6.07, 6.45) is 0. The molecule has 0 bridgehead atoms. The van der Waals surface area contributed by atoms with Crippen LogP contribution in [0.3, 0.4) is 0 Å². The lowest BCUT2D eigenvalue weighted by Gasteiger charge is -2.30. The van der Waals surface area contributed by atoms with E-state index in [0.29, 0.717) is 6.04 Å². The molecule has 0 aromatic rings. The third kappa shape index (κ3) is 4.67. The molecule has 0 aromatic heterocycles. The maximum absolute atomic E-state index is 3.40. The Hall–Kier alpha value is 0.270. The topological polar surface area (TPSA) is 15.3 Å². The lowest BCUT2D eigenvalue weighted by Crippen LogP contribution is -2.48. The molecular formula is C8H22N2S. The van der Waals surface area contributed by atoms with Gasteiger partial charge in [0.05, 0.1) is 0 Å². The molecule has 1 heterocycles. The van der Waals surface area contributed by atoms with Crippen LogP contribution in [0.5, 0.6) is 0 Å². The number of rotatable bonds is 1. The smallest absolute Gasteiger partial charge is 0.0167 e. The van der Waals surface area contributed by atoms with Gasteiger partial charge in [-0.3, -0.25) is 0 Å². The molecule has 1 rings (SSSR count). The molecule has 0 aromatic carbocycles. The zero-order valence-corrected chi connectivity index (χ0v) is 7.85. The van der Waals surface area contributed by atoms with Crippen molar-refractivity contribution in [2.75, 3.05) is 26.2 Å². The summed E-state index contributed by atoms with van der Waals surface area (Å²) in [5, 5.41) is 3.40. The molecule has 3 heteroatoms. The average Bonchev–Trinajstić information content (AvgIpc) is 1.88. The molecule has 1 aliphatic rings. The highest BCUT2D eigenvalue weighted by Gasteiger charge is 2.12. The van der Waals surface area contributed by atoms with Crippen molar-refractivity contribution in [3.05, 3.63) is 0 Å². The van der Waals surface area contributed by atoms with Crippen molar-refractivity contribution in [3.8, 4) is 0 Å². The van der Waals surface area contributed by atoms with Crippen LogP contribution in [-0.4, -0.2) is 37.1 Å². The van der Waals surface area contributed by atoms with E-state index < -0.39 is 0 Å². The van der Waals surface area contributed by atoms with Gasteiger partial charge in [0, 0.05) is 25.7 Å². The van der Waals surface area contributed by atoms with Gasteiger partial charge in [-0.05, 0) is 13.5 Å². The third-order valence-corrected chi connectivity index (χ3v) is 1.90. The molecule has 0 aliphatic carbocycles. The number of piperazine rings is 1. The van der Waals surface area contributed by atoms with Crippen LogP contribution in [0.1, 0.15) is 21.3 Å². The summed E-state index contributed by atoms with van der Waals surface area (Å²) in [6.45, 7) is 9.26. The number of hydrogen-bond donors (Lipinski definition) is 1. The lowest BCUT2D eigenvalue weighted by atomic mass is 10.2.